The highest BCUT2D eigenvalue weighted by molar-refractivity contribution is 7.11. The number of rotatable bonds is 2. The lowest BCUT2D eigenvalue weighted by molar-refractivity contribution is 0.603. The molecule has 2 aromatic rings. The minimum atomic E-state index is -0.514. The molecule has 0 radical (unpaired) electrons. The third-order valence-corrected chi connectivity index (χ3v) is 4.45. The van der Waals surface area contributed by atoms with Crippen molar-refractivity contribution in [3.05, 3.63) is 45.8 Å². The van der Waals surface area contributed by atoms with Gasteiger partial charge in [-0.15, -0.1) is 11.3 Å². The summed E-state index contributed by atoms with van der Waals surface area (Å²) in [7, 11) is 0. The summed E-state index contributed by atoms with van der Waals surface area (Å²) in [6.07, 6.45) is 4.03. The first kappa shape index (κ1) is 13.9. The maximum absolute atomic E-state index is 13.8. The van der Waals surface area contributed by atoms with Crippen LogP contribution in [-0.4, -0.2) is 4.98 Å². The molecule has 0 unspecified atom stereocenters. The summed E-state index contributed by atoms with van der Waals surface area (Å²) in [6, 6.07) is 5.50. The van der Waals surface area contributed by atoms with E-state index in [-0.39, 0.29) is 5.56 Å². The van der Waals surface area contributed by atoms with Crippen LogP contribution in [0.5, 0.6) is 0 Å². The normalized spacial score (nSPS) is 14.2. The molecule has 0 atom stereocenters. The molecule has 2 nitrogen and oxygen atoms in total. The largest absolute Gasteiger partial charge is 0.235 e. The maximum Gasteiger partial charge on any atom is 0.134 e. The summed E-state index contributed by atoms with van der Waals surface area (Å²) >= 11 is 1.30. The third kappa shape index (κ3) is 2.72. The van der Waals surface area contributed by atoms with Gasteiger partial charge in [-0.1, -0.05) is 0 Å². The average Bonchev–Trinajstić information content (AvgIpc) is 3.14. The Bertz CT molecular complexity index is 748. The lowest BCUT2D eigenvalue weighted by atomic mass is 10.1. The molecule has 0 bridgehead atoms. The Labute approximate surface area is 125 Å². The second-order valence-electron chi connectivity index (χ2n) is 4.96. The van der Waals surface area contributed by atoms with Gasteiger partial charge in [-0.3, -0.25) is 0 Å². The number of nitrogens with zero attached hydrogens (tertiary/aromatic N) is 2. The molecule has 1 aromatic heterocycles. The van der Waals surface area contributed by atoms with Crippen LogP contribution in [0.15, 0.2) is 29.2 Å². The molecule has 0 N–H and O–H groups in total. The fourth-order valence-corrected chi connectivity index (χ4v) is 3.40. The van der Waals surface area contributed by atoms with Gasteiger partial charge in [0.25, 0.3) is 0 Å². The quantitative estimate of drug-likeness (QED) is 0.737. The zero-order valence-electron chi connectivity index (χ0n) is 11.2. The van der Waals surface area contributed by atoms with Crippen LogP contribution < -0.4 is 0 Å². The molecule has 1 aromatic carbocycles. The lowest BCUT2D eigenvalue weighted by Gasteiger charge is -2.00. The topological polar surface area (TPSA) is 36.7 Å². The first-order valence-corrected chi connectivity index (χ1v) is 7.60. The van der Waals surface area contributed by atoms with E-state index in [1.165, 1.54) is 11.3 Å². The van der Waals surface area contributed by atoms with E-state index >= 15 is 0 Å². The Balaban J connectivity index is 2.02. The first-order valence-electron chi connectivity index (χ1n) is 6.72. The van der Waals surface area contributed by atoms with Gasteiger partial charge in [0.1, 0.15) is 22.7 Å². The number of thiazole rings is 1. The van der Waals surface area contributed by atoms with Gasteiger partial charge in [0.15, 0.2) is 0 Å². The highest BCUT2D eigenvalue weighted by atomic mass is 32.1. The molecule has 21 heavy (non-hydrogen) atoms. The Morgan fingerprint density at radius 3 is 2.71 bits per heavy atom. The molecule has 1 aliphatic carbocycles. The standard InChI is InChI=1S/C16H12F2N2S/c17-11-5-6-14(18)12(7-11)15-9-21-16(20-15)13(8-19)10-3-1-2-4-10/h5-7,9H,1-4H2. The summed E-state index contributed by atoms with van der Waals surface area (Å²) in [5.74, 6) is -1.02. The zero-order valence-corrected chi connectivity index (χ0v) is 12.0. The van der Waals surface area contributed by atoms with Gasteiger partial charge in [0, 0.05) is 10.9 Å². The molecular formula is C16H12F2N2S. The number of aromatic nitrogens is 1. The number of hydrogen-bond donors (Lipinski definition) is 0. The molecule has 1 saturated carbocycles. The second-order valence-corrected chi connectivity index (χ2v) is 5.82. The minimum absolute atomic E-state index is 0.131. The van der Waals surface area contributed by atoms with E-state index in [9.17, 15) is 14.0 Å². The number of benzene rings is 1. The van der Waals surface area contributed by atoms with Crippen molar-refractivity contribution < 1.29 is 8.78 Å². The molecule has 0 amide bonds. The van der Waals surface area contributed by atoms with E-state index in [0.29, 0.717) is 16.3 Å². The third-order valence-electron chi connectivity index (χ3n) is 3.59. The summed E-state index contributed by atoms with van der Waals surface area (Å²) in [4.78, 5) is 4.33. The van der Waals surface area contributed by atoms with Crippen LogP contribution in [0.2, 0.25) is 0 Å². The van der Waals surface area contributed by atoms with E-state index in [4.69, 9.17) is 0 Å². The van der Waals surface area contributed by atoms with Gasteiger partial charge in [-0.05, 0) is 49.5 Å². The number of halogens is 2. The Kier molecular flexibility index (Phi) is 3.80. The molecule has 1 fully saturated rings. The van der Waals surface area contributed by atoms with Crippen molar-refractivity contribution in [1.82, 2.24) is 4.98 Å². The molecule has 3 rings (SSSR count). The zero-order chi connectivity index (χ0) is 14.8. The molecule has 0 saturated heterocycles. The smallest absolute Gasteiger partial charge is 0.134 e. The predicted octanol–water partition coefficient (Wildman–Crippen LogP) is 4.94. The molecule has 1 heterocycles. The first-order chi connectivity index (χ1) is 10.2. The Morgan fingerprint density at radius 1 is 1.24 bits per heavy atom. The van der Waals surface area contributed by atoms with Crippen molar-refractivity contribution in [2.75, 3.05) is 0 Å². The van der Waals surface area contributed by atoms with E-state index in [0.717, 1.165) is 49.5 Å². The Morgan fingerprint density at radius 2 is 2.00 bits per heavy atom. The van der Waals surface area contributed by atoms with Crippen molar-refractivity contribution >= 4 is 16.9 Å². The highest BCUT2D eigenvalue weighted by Crippen LogP contribution is 2.34. The fraction of sp³-hybridized carbons (Fsp3) is 0.250. The second kappa shape index (κ2) is 5.74. The van der Waals surface area contributed by atoms with Crippen LogP contribution >= 0.6 is 11.3 Å². The van der Waals surface area contributed by atoms with Crippen LogP contribution in [0, 0.1) is 23.0 Å². The van der Waals surface area contributed by atoms with Crippen LogP contribution in [0.3, 0.4) is 0 Å². The molecule has 106 valence electrons. The van der Waals surface area contributed by atoms with Crippen LogP contribution in [0.1, 0.15) is 30.7 Å². The van der Waals surface area contributed by atoms with Gasteiger partial charge >= 0.3 is 0 Å². The van der Waals surface area contributed by atoms with E-state index < -0.39 is 11.6 Å². The summed E-state index contributed by atoms with van der Waals surface area (Å²) in [5.41, 5.74) is 2.23. The van der Waals surface area contributed by atoms with Gasteiger partial charge in [-0.2, -0.15) is 5.26 Å². The van der Waals surface area contributed by atoms with E-state index in [2.05, 4.69) is 11.1 Å². The van der Waals surface area contributed by atoms with Crippen molar-refractivity contribution in [1.29, 1.82) is 5.26 Å². The SMILES string of the molecule is N#CC(=C1CCCC1)c1nc(-c2cc(F)ccc2F)cs1. The van der Waals surface area contributed by atoms with Crippen LogP contribution in [-0.2, 0) is 0 Å². The highest BCUT2D eigenvalue weighted by Gasteiger charge is 2.18. The summed E-state index contributed by atoms with van der Waals surface area (Å²) in [5, 5.41) is 11.6. The monoisotopic (exact) mass is 302 g/mol. The predicted molar refractivity (Wildman–Crippen MR) is 78.5 cm³/mol. The van der Waals surface area contributed by atoms with Crippen molar-refractivity contribution in [3.63, 3.8) is 0 Å². The van der Waals surface area contributed by atoms with Crippen molar-refractivity contribution in [3.8, 4) is 17.3 Å². The molecular weight excluding hydrogens is 290 g/mol. The minimum Gasteiger partial charge on any atom is -0.235 e. The average molecular weight is 302 g/mol. The number of hydrogen-bond acceptors (Lipinski definition) is 3. The van der Waals surface area contributed by atoms with Gasteiger partial charge < -0.3 is 0 Å². The maximum atomic E-state index is 13.8. The van der Waals surface area contributed by atoms with Gasteiger partial charge in [0.2, 0.25) is 0 Å². The molecule has 1 aliphatic rings. The number of allylic oxidation sites excluding steroid dienone is 2. The Hall–Kier alpha value is -2.06. The molecule has 0 spiro atoms. The van der Waals surface area contributed by atoms with Crippen LogP contribution in [0.4, 0.5) is 8.78 Å². The molecule has 5 heteroatoms. The lowest BCUT2D eigenvalue weighted by Crippen LogP contribution is -1.89. The van der Waals surface area contributed by atoms with E-state index in [1.807, 2.05) is 0 Å². The molecule has 0 aliphatic heterocycles. The summed E-state index contributed by atoms with van der Waals surface area (Å²) in [6.45, 7) is 0. The van der Waals surface area contributed by atoms with Crippen LogP contribution in [0.25, 0.3) is 16.8 Å². The van der Waals surface area contributed by atoms with Gasteiger partial charge in [0.05, 0.1) is 11.3 Å². The van der Waals surface area contributed by atoms with Crippen molar-refractivity contribution in [2.45, 2.75) is 25.7 Å². The van der Waals surface area contributed by atoms with E-state index in [1.54, 1.807) is 5.38 Å². The fourth-order valence-electron chi connectivity index (χ4n) is 2.54. The van der Waals surface area contributed by atoms with Crippen molar-refractivity contribution in [2.24, 2.45) is 0 Å². The summed E-state index contributed by atoms with van der Waals surface area (Å²) < 4.78 is 27.0. The van der Waals surface area contributed by atoms with Gasteiger partial charge in [-0.25, -0.2) is 13.8 Å². The number of nitriles is 1.